The summed E-state index contributed by atoms with van der Waals surface area (Å²) in [6.45, 7) is 1.54. The Bertz CT molecular complexity index is 477. The van der Waals surface area contributed by atoms with Crippen molar-refractivity contribution in [2.24, 2.45) is 16.8 Å². The molecule has 1 rings (SSSR count). The topological polar surface area (TPSA) is 96.9 Å². The lowest BCUT2D eigenvalue weighted by molar-refractivity contribution is -0.117. The van der Waals surface area contributed by atoms with Crippen LogP contribution in [-0.2, 0) is 4.79 Å². The van der Waals surface area contributed by atoms with Gasteiger partial charge in [-0.25, -0.2) is 0 Å². The van der Waals surface area contributed by atoms with Crippen LogP contribution >= 0.6 is 15.9 Å². The van der Waals surface area contributed by atoms with Crippen LogP contribution < -0.4 is 15.8 Å². The molecule has 1 unspecified atom stereocenters. The molecule has 0 spiro atoms. The van der Waals surface area contributed by atoms with Gasteiger partial charge in [0.15, 0.2) is 5.84 Å². The minimum Gasteiger partial charge on any atom is -0.495 e. The van der Waals surface area contributed by atoms with Gasteiger partial charge in [-0.2, -0.15) is 0 Å². The monoisotopic (exact) mass is 315 g/mol. The molecular weight excluding hydrogens is 302 g/mol. The third-order valence-electron chi connectivity index (χ3n) is 2.37. The summed E-state index contributed by atoms with van der Waals surface area (Å²) in [4.78, 5) is 11.8. The quantitative estimate of drug-likeness (QED) is 0.341. The molecule has 0 aromatic heterocycles. The summed E-state index contributed by atoms with van der Waals surface area (Å²) in [5, 5.41) is 14.0. The number of carbonyl (C=O) groups is 1. The molecule has 0 saturated heterocycles. The molecule has 0 heterocycles. The SMILES string of the molecule is COc1ccc(Br)cc1NC(=O)C(C)C(N)=NO. The number of hydrogen-bond acceptors (Lipinski definition) is 4. The Morgan fingerprint density at radius 1 is 1.61 bits per heavy atom. The van der Waals surface area contributed by atoms with E-state index >= 15 is 0 Å². The molecule has 0 aliphatic heterocycles. The smallest absolute Gasteiger partial charge is 0.235 e. The van der Waals surface area contributed by atoms with Crippen molar-refractivity contribution < 1.29 is 14.7 Å². The summed E-state index contributed by atoms with van der Waals surface area (Å²) in [5.41, 5.74) is 5.88. The number of nitrogens with zero attached hydrogens (tertiary/aromatic N) is 1. The van der Waals surface area contributed by atoms with Crippen molar-refractivity contribution in [3.8, 4) is 5.75 Å². The van der Waals surface area contributed by atoms with E-state index in [0.717, 1.165) is 4.47 Å². The molecule has 1 atom stereocenters. The van der Waals surface area contributed by atoms with Crippen LogP contribution in [0.5, 0.6) is 5.75 Å². The molecule has 0 saturated carbocycles. The highest BCUT2D eigenvalue weighted by Crippen LogP contribution is 2.28. The molecule has 0 bridgehead atoms. The molecule has 1 amide bonds. The molecule has 1 aromatic rings. The molecule has 0 aliphatic carbocycles. The van der Waals surface area contributed by atoms with Crippen molar-refractivity contribution in [2.45, 2.75) is 6.92 Å². The number of methoxy groups -OCH3 is 1. The summed E-state index contributed by atoms with van der Waals surface area (Å²) in [7, 11) is 1.51. The van der Waals surface area contributed by atoms with Gasteiger partial charge < -0.3 is 21.0 Å². The van der Waals surface area contributed by atoms with Crippen LogP contribution in [0.4, 0.5) is 5.69 Å². The van der Waals surface area contributed by atoms with Gasteiger partial charge in [0.2, 0.25) is 5.91 Å². The normalized spacial score (nSPS) is 12.9. The van der Waals surface area contributed by atoms with Gasteiger partial charge in [-0.1, -0.05) is 21.1 Å². The zero-order valence-electron chi connectivity index (χ0n) is 9.98. The Kier molecular flexibility index (Phi) is 4.96. The average molecular weight is 316 g/mol. The minimum absolute atomic E-state index is 0.151. The molecule has 6 nitrogen and oxygen atoms in total. The van der Waals surface area contributed by atoms with Crippen LogP contribution in [0.2, 0.25) is 0 Å². The van der Waals surface area contributed by atoms with Crippen LogP contribution in [0.3, 0.4) is 0 Å². The van der Waals surface area contributed by atoms with Crippen LogP contribution in [0.25, 0.3) is 0 Å². The zero-order chi connectivity index (χ0) is 13.7. The first-order chi connectivity index (χ1) is 8.49. The number of nitrogens with two attached hydrogens (primary N) is 1. The van der Waals surface area contributed by atoms with Gasteiger partial charge in [0, 0.05) is 4.47 Å². The number of rotatable bonds is 4. The van der Waals surface area contributed by atoms with E-state index in [1.807, 2.05) is 0 Å². The summed E-state index contributed by atoms with van der Waals surface area (Å²) in [6.07, 6.45) is 0. The lowest BCUT2D eigenvalue weighted by Crippen LogP contribution is -2.32. The van der Waals surface area contributed by atoms with Gasteiger partial charge in [0.1, 0.15) is 5.75 Å². The first-order valence-electron chi connectivity index (χ1n) is 5.11. The van der Waals surface area contributed by atoms with E-state index < -0.39 is 5.92 Å². The van der Waals surface area contributed by atoms with E-state index in [0.29, 0.717) is 11.4 Å². The number of amides is 1. The highest BCUT2D eigenvalue weighted by molar-refractivity contribution is 9.10. The second kappa shape index (κ2) is 6.25. The molecule has 4 N–H and O–H groups in total. The van der Waals surface area contributed by atoms with Gasteiger partial charge >= 0.3 is 0 Å². The molecule has 0 fully saturated rings. The number of hydrogen-bond donors (Lipinski definition) is 3. The van der Waals surface area contributed by atoms with E-state index in [4.69, 9.17) is 15.7 Å². The van der Waals surface area contributed by atoms with E-state index in [2.05, 4.69) is 26.4 Å². The van der Waals surface area contributed by atoms with Gasteiger partial charge in [-0.05, 0) is 25.1 Å². The van der Waals surface area contributed by atoms with E-state index in [-0.39, 0.29) is 11.7 Å². The van der Waals surface area contributed by atoms with Gasteiger partial charge in [-0.3, -0.25) is 4.79 Å². The fourth-order valence-electron chi connectivity index (χ4n) is 1.24. The maximum atomic E-state index is 11.8. The maximum Gasteiger partial charge on any atom is 0.235 e. The molecule has 0 radical (unpaired) electrons. The molecule has 18 heavy (non-hydrogen) atoms. The van der Waals surface area contributed by atoms with Crippen molar-refractivity contribution in [3.63, 3.8) is 0 Å². The van der Waals surface area contributed by atoms with Gasteiger partial charge in [-0.15, -0.1) is 0 Å². The van der Waals surface area contributed by atoms with E-state index in [9.17, 15) is 4.79 Å². The number of nitrogens with one attached hydrogen (secondary N) is 1. The Balaban J connectivity index is 2.91. The minimum atomic E-state index is -0.737. The van der Waals surface area contributed by atoms with Crippen LogP contribution in [0.1, 0.15) is 6.92 Å². The van der Waals surface area contributed by atoms with Crippen molar-refractivity contribution in [1.29, 1.82) is 0 Å². The first kappa shape index (κ1) is 14.3. The van der Waals surface area contributed by atoms with Crippen molar-refractivity contribution in [1.82, 2.24) is 0 Å². The van der Waals surface area contributed by atoms with E-state index in [1.165, 1.54) is 14.0 Å². The second-order valence-electron chi connectivity index (χ2n) is 3.58. The Morgan fingerprint density at radius 3 is 2.83 bits per heavy atom. The predicted octanol–water partition coefficient (Wildman–Crippen LogP) is 1.78. The number of oxime groups is 1. The standard InChI is InChI=1S/C11H14BrN3O3/c1-6(10(13)15-17)11(16)14-8-5-7(12)3-4-9(8)18-2/h3-6,17H,1-2H3,(H2,13,15)(H,14,16). The Labute approximate surface area is 113 Å². The third kappa shape index (κ3) is 3.36. The largest absolute Gasteiger partial charge is 0.495 e. The highest BCUT2D eigenvalue weighted by atomic mass is 79.9. The van der Waals surface area contributed by atoms with Crippen molar-refractivity contribution in [2.75, 3.05) is 12.4 Å². The zero-order valence-corrected chi connectivity index (χ0v) is 11.6. The summed E-state index contributed by atoms with van der Waals surface area (Å²) >= 11 is 3.30. The Hall–Kier alpha value is -1.76. The molecule has 7 heteroatoms. The van der Waals surface area contributed by atoms with Gasteiger partial charge in [0.25, 0.3) is 0 Å². The molecule has 98 valence electrons. The number of benzene rings is 1. The predicted molar refractivity (Wildman–Crippen MR) is 71.9 cm³/mol. The molecular formula is C11H14BrN3O3. The lowest BCUT2D eigenvalue weighted by atomic mass is 10.1. The summed E-state index contributed by atoms with van der Waals surface area (Å²) in [5.74, 6) is -0.750. The number of halogens is 1. The Morgan fingerprint density at radius 2 is 2.28 bits per heavy atom. The second-order valence-corrected chi connectivity index (χ2v) is 4.50. The lowest BCUT2D eigenvalue weighted by Gasteiger charge is -2.13. The average Bonchev–Trinajstić information content (AvgIpc) is 2.37. The van der Waals surface area contributed by atoms with E-state index in [1.54, 1.807) is 18.2 Å². The maximum absolute atomic E-state index is 11.8. The summed E-state index contributed by atoms with van der Waals surface area (Å²) in [6, 6.07) is 5.21. The number of ether oxygens (including phenoxy) is 1. The summed E-state index contributed by atoms with van der Waals surface area (Å²) < 4.78 is 5.92. The number of amidine groups is 1. The number of carbonyl (C=O) groups excluding carboxylic acids is 1. The fourth-order valence-corrected chi connectivity index (χ4v) is 1.60. The number of anilines is 1. The van der Waals surface area contributed by atoms with Gasteiger partial charge in [0.05, 0.1) is 18.7 Å². The van der Waals surface area contributed by atoms with Crippen LogP contribution in [0, 0.1) is 5.92 Å². The molecule has 0 aliphatic rings. The third-order valence-corrected chi connectivity index (χ3v) is 2.87. The molecule has 1 aromatic carbocycles. The van der Waals surface area contributed by atoms with Crippen LogP contribution in [-0.4, -0.2) is 24.1 Å². The fraction of sp³-hybridized carbons (Fsp3) is 0.273. The van der Waals surface area contributed by atoms with Crippen LogP contribution in [0.15, 0.2) is 27.8 Å². The first-order valence-corrected chi connectivity index (χ1v) is 5.90. The van der Waals surface area contributed by atoms with Crippen molar-refractivity contribution >= 4 is 33.4 Å². The highest BCUT2D eigenvalue weighted by Gasteiger charge is 2.19. The van der Waals surface area contributed by atoms with Crippen molar-refractivity contribution in [3.05, 3.63) is 22.7 Å².